The van der Waals surface area contributed by atoms with Crippen LogP contribution in [0.15, 0.2) is 23.2 Å². The number of rotatable bonds is 5. The van der Waals surface area contributed by atoms with Crippen LogP contribution in [0.1, 0.15) is 37.0 Å². The summed E-state index contributed by atoms with van der Waals surface area (Å²) in [5.41, 5.74) is 4.55. The van der Waals surface area contributed by atoms with E-state index < -0.39 is 0 Å². The van der Waals surface area contributed by atoms with Gasteiger partial charge in [0, 0.05) is 5.39 Å². The second kappa shape index (κ2) is 7.14. The molecule has 2 rings (SSSR count). The number of hydrogen-bond donors (Lipinski definition) is 0. The monoisotopic (exact) mass is 317 g/mol. The zero-order chi connectivity index (χ0) is 16.3. The summed E-state index contributed by atoms with van der Waals surface area (Å²) in [4.78, 5) is 16.8. The van der Waals surface area contributed by atoms with Crippen molar-refractivity contribution in [1.82, 2.24) is 4.98 Å². The van der Waals surface area contributed by atoms with Crippen LogP contribution in [0.4, 0.5) is 0 Å². The van der Waals surface area contributed by atoms with Gasteiger partial charge in [-0.25, -0.2) is 4.98 Å². The Hall–Kier alpha value is -1.55. The van der Waals surface area contributed by atoms with Crippen molar-refractivity contribution in [2.24, 2.45) is 0 Å². The van der Waals surface area contributed by atoms with E-state index >= 15 is 0 Å². The topological polar surface area (TPSA) is 39.2 Å². The molecule has 0 fully saturated rings. The molecule has 0 aliphatic rings. The predicted octanol–water partition coefficient (Wildman–Crippen LogP) is 4.59. The molecule has 0 bridgehead atoms. The van der Waals surface area contributed by atoms with Gasteiger partial charge in [-0.1, -0.05) is 30.8 Å². The summed E-state index contributed by atoms with van der Waals surface area (Å²) in [7, 11) is 0. The average molecular weight is 317 g/mol. The lowest BCUT2D eigenvalue weighted by Crippen LogP contribution is -2.19. The Balaban J connectivity index is 2.40. The molecule has 22 heavy (non-hydrogen) atoms. The van der Waals surface area contributed by atoms with Crippen molar-refractivity contribution in [2.45, 2.75) is 51.3 Å². The van der Waals surface area contributed by atoms with Crippen LogP contribution in [0, 0.1) is 20.8 Å². The SMILES string of the molecule is CCOC(=O)C(CC)Sc1nc2c(C)c(C)ccc2cc1C. The normalized spacial score (nSPS) is 12.4. The van der Waals surface area contributed by atoms with Crippen LogP contribution < -0.4 is 0 Å². The lowest BCUT2D eigenvalue weighted by Gasteiger charge is -2.15. The summed E-state index contributed by atoms with van der Waals surface area (Å²) in [5, 5.41) is 1.86. The van der Waals surface area contributed by atoms with Crippen molar-refractivity contribution in [3.05, 3.63) is 34.9 Å². The number of thioether (sulfide) groups is 1. The van der Waals surface area contributed by atoms with Gasteiger partial charge in [-0.15, -0.1) is 0 Å². The highest BCUT2D eigenvalue weighted by Crippen LogP contribution is 2.31. The third-order valence-corrected chi connectivity index (χ3v) is 5.28. The molecule has 1 aromatic heterocycles. The number of fused-ring (bicyclic) bond motifs is 1. The number of benzene rings is 1. The number of carbonyl (C=O) groups is 1. The number of esters is 1. The first kappa shape index (κ1) is 16.8. The average Bonchev–Trinajstić information content (AvgIpc) is 2.49. The third kappa shape index (κ3) is 3.43. The number of ether oxygens (including phenoxy) is 1. The summed E-state index contributed by atoms with van der Waals surface area (Å²) in [5.74, 6) is -0.155. The second-order valence-electron chi connectivity index (χ2n) is 5.46. The van der Waals surface area contributed by atoms with E-state index in [-0.39, 0.29) is 11.2 Å². The highest BCUT2D eigenvalue weighted by atomic mass is 32.2. The molecule has 1 unspecified atom stereocenters. The smallest absolute Gasteiger partial charge is 0.319 e. The Morgan fingerprint density at radius 3 is 2.59 bits per heavy atom. The quantitative estimate of drug-likeness (QED) is 0.597. The van der Waals surface area contributed by atoms with E-state index in [2.05, 4.69) is 32.0 Å². The summed E-state index contributed by atoms with van der Waals surface area (Å²) in [6.07, 6.45) is 0.732. The first-order valence-corrected chi connectivity index (χ1v) is 8.56. The van der Waals surface area contributed by atoms with Gasteiger partial charge in [0.25, 0.3) is 0 Å². The van der Waals surface area contributed by atoms with Gasteiger partial charge >= 0.3 is 5.97 Å². The van der Waals surface area contributed by atoms with E-state index in [4.69, 9.17) is 9.72 Å². The van der Waals surface area contributed by atoms with E-state index in [9.17, 15) is 4.79 Å². The molecule has 0 spiro atoms. The van der Waals surface area contributed by atoms with E-state index in [1.165, 1.54) is 22.9 Å². The summed E-state index contributed by atoms with van der Waals surface area (Å²) >= 11 is 1.51. The van der Waals surface area contributed by atoms with Gasteiger partial charge in [-0.05, 0) is 56.9 Å². The zero-order valence-electron chi connectivity index (χ0n) is 13.9. The van der Waals surface area contributed by atoms with Gasteiger partial charge in [-0.2, -0.15) is 0 Å². The maximum Gasteiger partial charge on any atom is 0.319 e. The van der Waals surface area contributed by atoms with Gasteiger partial charge in [0.2, 0.25) is 0 Å². The molecule has 0 amide bonds. The van der Waals surface area contributed by atoms with Crippen LogP contribution in [-0.2, 0) is 9.53 Å². The fourth-order valence-corrected chi connectivity index (χ4v) is 3.35. The zero-order valence-corrected chi connectivity index (χ0v) is 14.7. The molecule has 1 aromatic carbocycles. The Kier molecular flexibility index (Phi) is 5.46. The number of aromatic nitrogens is 1. The lowest BCUT2D eigenvalue weighted by atomic mass is 10.0. The largest absolute Gasteiger partial charge is 0.465 e. The molecule has 0 aliphatic carbocycles. The molecule has 0 aliphatic heterocycles. The third-order valence-electron chi connectivity index (χ3n) is 3.83. The van der Waals surface area contributed by atoms with Crippen molar-refractivity contribution in [3.63, 3.8) is 0 Å². The maximum atomic E-state index is 12.0. The molecule has 0 saturated carbocycles. The molecule has 0 N–H and O–H groups in total. The van der Waals surface area contributed by atoms with E-state index in [1.807, 2.05) is 20.8 Å². The van der Waals surface area contributed by atoms with Crippen molar-refractivity contribution >= 4 is 28.6 Å². The summed E-state index contributed by atoms with van der Waals surface area (Å²) < 4.78 is 5.15. The highest BCUT2D eigenvalue weighted by molar-refractivity contribution is 8.00. The number of carbonyl (C=O) groups excluding carboxylic acids is 1. The minimum Gasteiger partial charge on any atom is -0.465 e. The molecule has 1 atom stereocenters. The summed E-state index contributed by atoms with van der Waals surface area (Å²) in [6.45, 7) is 10.5. The molecule has 0 saturated heterocycles. The number of pyridine rings is 1. The van der Waals surface area contributed by atoms with Crippen LogP contribution in [0.25, 0.3) is 10.9 Å². The molecule has 4 heteroatoms. The van der Waals surface area contributed by atoms with Crippen molar-refractivity contribution in [2.75, 3.05) is 6.61 Å². The molecular weight excluding hydrogens is 294 g/mol. The Bertz CT molecular complexity index is 697. The van der Waals surface area contributed by atoms with Gasteiger partial charge in [0.1, 0.15) is 10.3 Å². The van der Waals surface area contributed by atoms with E-state index in [0.29, 0.717) is 6.61 Å². The highest BCUT2D eigenvalue weighted by Gasteiger charge is 2.21. The Labute approximate surface area is 136 Å². The number of nitrogens with zero attached hydrogens (tertiary/aromatic N) is 1. The molecular formula is C18H23NO2S. The Morgan fingerprint density at radius 1 is 1.23 bits per heavy atom. The molecule has 1 heterocycles. The van der Waals surface area contributed by atoms with Gasteiger partial charge in [-0.3, -0.25) is 4.79 Å². The minimum absolute atomic E-state index is 0.155. The Morgan fingerprint density at radius 2 is 1.95 bits per heavy atom. The fourth-order valence-electron chi connectivity index (χ4n) is 2.36. The molecule has 0 radical (unpaired) electrons. The molecule has 2 aromatic rings. The first-order chi connectivity index (χ1) is 10.5. The lowest BCUT2D eigenvalue weighted by molar-refractivity contribution is -0.142. The molecule has 3 nitrogen and oxygen atoms in total. The number of aryl methyl sites for hydroxylation is 3. The van der Waals surface area contributed by atoms with Crippen LogP contribution >= 0.6 is 11.8 Å². The van der Waals surface area contributed by atoms with Crippen LogP contribution in [0.2, 0.25) is 0 Å². The van der Waals surface area contributed by atoms with Crippen molar-refractivity contribution in [3.8, 4) is 0 Å². The second-order valence-corrected chi connectivity index (χ2v) is 6.65. The van der Waals surface area contributed by atoms with E-state index in [0.717, 1.165) is 27.9 Å². The fraction of sp³-hybridized carbons (Fsp3) is 0.444. The molecule has 118 valence electrons. The van der Waals surface area contributed by atoms with Gasteiger partial charge in [0.15, 0.2) is 0 Å². The van der Waals surface area contributed by atoms with Crippen molar-refractivity contribution < 1.29 is 9.53 Å². The van der Waals surface area contributed by atoms with Crippen molar-refractivity contribution in [1.29, 1.82) is 0 Å². The van der Waals surface area contributed by atoms with Crippen LogP contribution in [-0.4, -0.2) is 22.8 Å². The predicted molar refractivity (Wildman–Crippen MR) is 92.5 cm³/mol. The van der Waals surface area contributed by atoms with Crippen LogP contribution in [0.5, 0.6) is 0 Å². The van der Waals surface area contributed by atoms with Gasteiger partial charge in [0.05, 0.1) is 12.1 Å². The van der Waals surface area contributed by atoms with E-state index in [1.54, 1.807) is 0 Å². The summed E-state index contributed by atoms with van der Waals surface area (Å²) in [6, 6.07) is 6.38. The minimum atomic E-state index is -0.200. The first-order valence-electron chi connectivity index (χ1n) is 7.68. The maximum absolute atomic E-state index is 12.0. The van der Waals surface area contributed by atoms with Crippen LogP contribution in [0.3, 0.4) is 0 Å². The number of hydrogen-bond acceptors (Lipinski definition) is 4. The standard InChI is InChI=1S/C18H23NO2S/c1-6-15(18(20)21-7-2)22-17-12(4)10-14-9-8-11(3)13(5)16(14)19-17/h8-10,15H,6-7H2,1-5H3. The van der Waals surface area contributed by atoms with Gasteiger partial charge < -0.3 is 4.74 Å².